The Kier molecular flexibility index (Phi) is 4.59. The van der Waals surface area contributed by atoms with Crippen LogP contribution in [0.1, 0.15) is 48.0 Å². The second-order valence-corrected chi connectivity index (χ2v) is 7.45. The van der Waals surface area contributed by atoms with Crippen LogP contribution >= 0.6 is 0 Å². The first-order chi connectivity index (χ1) is 13.0. The Morgan fingerprint density at radius 1 is 1.37 bits per heavy atom. The molecule has 2 N–H and O–H groups in total. The second-order valence-electron chi connectivity index (χ2n) is 7.45. The van der Waals surface area contributed by atoms with Gasteiger partial charge in [0.15, 0.2) is 0 Å². The SMILES string of the molecule is CCn1cc(NC(=O)c2cccc(C3CC3N(CC3CC3)C(=O)O)c2)cn1. The minimum atomic E-state index is -0.837. The fourth-order valence-corrected chi connectivity index (χ4v) is 3.53. The lowest BCUT2D eigenvalue weighted by Gasteiger charge is -2.19. The molecule has 2 atom stereocenters. The van der Waals surface area contributed by atoms with Gasteiger partial charge in [-0.05, 0) is 49.8 Å². The van der Waals surface area contributed by atoms with Crippen molar-refractivity contribution in [3.63, 3.8) is 0 Å². The predicted molar refractivity (Wildman–Crippen MR) is 101 cm³/mol. The quantitative estimate of drug-likeness (QED) is 0.784. The average molecular weight is 368 g/mol. The van der Waals surface area contributed by atoms with Gasteiger partial charge in [-0.15, -0.1) is 0 Å². The summed E-state index contributed by atoms with van der Waals surface area (Å²) in [6.07, 6.45) is 5.67. The van der Waals surface area contributed by atoms with Gasteiger partial charge < -0.3 is 15.3 Å². The van der Waals surface area contributed by atoms with Crippen molar-refractivity contribution in [3.05, 3.63) is 47.8 Å². The van der Waals surface area contributed by atoms with Crippen LogP contribution in [0.3, 0.4) is 0 Å². The van der Waals surface area contributed by atoms with E-state index < -0.39 is 6.09 Å². The number of hydrogen-bond acceptors (Lipinski definition) is 3. The molecule has 2 aliphatic rings. The highest BCUT2D eigenvalue weighted by Gasteiger charge is 2.46. The number of carboxylic acid groups (broad SMARTS) is 1. The van der Waals surface area contributed by atoms with Crippen LogP contribution in [0.5, 0.6) is 0 Å². The normalized spacial score (nSPS) is 20.9. The molecule has 1 heterocycles. The molecule has 0 spiro atoms. The molecule has 0 saturated heterocycles. The fraction of sp³-hybridized carbons (Fsp3) is 0.450. The maximum Gasteiger partial charge on any atom is 0.407 e. The van der Waals surface area contributed by atoms with E-state index in [1.807, 2.05) is 25.1 Å². The van der Waals surface area contributed by atoms with Crippen molar-refractivity contribution < 1.29 is 14.7 Å². The second kappa shape index (κ2) is 7.06. The summed E-state index contributed by atoms with van der Waals surface area (Å²) in [5.74, 6) is 0.525. The highest BCUT2D eigenvalue weighted by molar-refractivity contribution is 6.04. The Balaban J connectivity index is 1.43. The Morgan fingerprint density at radius 2 is 2.19 bits per heavy atom. The Hall–Kier alpha value is -2.83. The minimum Gasteiger partial charge on any atom is -0.465 e. The molecule has 7 heteroatoms. The smallest absolute Gasteiger partial charge is 0.407 e. The van der Waals surface area contributed by atoms with E-state index in [0.717, 1.165) is 31.4 Å². The molecule has 1 aromatic heterocycles. The molecule has 2 unspecified atom stereocenters. The van der Waals surface area contributed by atoms with E-state index in [1.165, 1.54) is 0 Å². The lowest BCUT2D eigenvalue weighted by Crippen LogP contribution is -2.34. The lowest BCUT2D eigenvalue weighted by atomic mass is 10.1. The fourth-order valence-electron chi connectivity index (χ4n) is 3.53. The third-order valence-electron chi connectivity index (χ3n) is 5.35. The molecule has 2 amide bonds. The largest absolute Gasteiger partial charge is 0.465 e. The zero-order valence-electron chi connectivity index (χ0n) is 15.3. The van der Waals surface area contributed by atoms with Gasteiger partial charge in [-0.1, -0.05) is 12.1 Å². The first-order valence-electron chi connectivity index (χ1n) is 9.48. The van der Waals surface area contributed by atoms with Gasteiger partial charge in [0.1, 0.15) is 0 Å². The van der Waals surface area contributed by atoms with Crippen LogP contribution in [0.25, 0.3) is 0 Å². The van der Waals surface area contributed by atoms with E-state index in [4.69, 9.17) is 0 Å². The molecular formula is C20H24N4O3. The van der Waals surface area contributed by atoms with Gasteiger partial charge in [-0.2, -0.15) is 5.10 Å². The summed E-state index contributed by atoms with van der Waals surface area (Å²) in [5.41, 5.74) is 2.27. The van der Waals surface area contributed by atoms with Crippen molar-refractivity contribution in [1.29, 1.82) is 0 Å². The number of benzene rings is 1. The zero-order valence-corrected chi connectivity index (χ0v) is 15.3. The molecule has 2 aliphatic carbocycles. The van der Waals surface area contributed by atoms with E-state index in [1.54, 1.807) is 28.0 Å². The van der Waals surface area contributed by atoms with Gasteiger partial charge in [0, 0.05) is 36.8 Å². The number of nitrogens with one attached hydrogen (secondary N) is 1. The highest BCUT2D eigenvalue weighted by atomic mass is 16.4. The van der Waals surface area contributed by atoms with E-state index in [-0.39, 0.29) is 17.9 Å². The van der Waals surface area contributed by atoms with Crippen LogP contribution in [0, 0.1) is 5.92 Å². The Bertz CT molecular complexity index is 858. The number of amides is 2. The number of aryl methyl sites for hydroxylation is 1. The molecule has 0 aliphatic heterocycles. The van der Waals surface area contributed by atoms with Gasteiger partial charge >= 0.3 is 6.09 Å². The molecule has 4 rings (SSSR count). The predicted octanol–water partition coefficient (Wildman–Crippen LogP) is 3.40. The summed E-state index contributed by atoms with van der Waals surface area (Å²) >= 11 is 0. The van der Waals surface area contributed by atoms with Gasteiger partial charge in [0.25, 0.3) is 5.91 Å². The number of aromatic nitrogens is 2. The van der Waals surface area contributed by atoms with E-state index in [9.17, 15) is 14.7 Å². The van der Waals surface area contributed by atoms with E-state index in [2.05, 4.69) is 10.4 Å². The van der Waals surface area contributed by atoms with Crippen molar-refractivity contribution in [2.75, 3.05) is 11.9 Å². The topological polar surface area (TPSA) is 87.5 Å². The number of rotatable bonds is 7. The lowest BCUT2D eigenvalue weighted by molar-refractivity contribution is 0.102. The van der Waals surface area contributed by atoms with Crippen LogP contribution in [-0.2, 0) is 6.54 Å². The van der Waals surface area contributed by atoms with Gasteiger partial charge in [-0.25, -0.2) is 4.79 Å². The number of hydrogen-bond donors (Lipinski definition) is 2. The van der Waals surface area contributed by atoms with Crippen LogP contribution in [-0.4, -0.2) is 44.4 Å². The molecule has 0 bridgehead atoms. The maximum absolute atomic E-state index is 12.5. The average Bonchev–Trinajstić information content (AvgIpc) is 3.58. The van der Waals surface area contributed by atoms with Crippen LogP contribution in [0.15, 0.2) is 36.7 Å². The number of nitrogens with zero attached hydrogens (tertiary/aromatic N) is 3. The number of carbonyl (C=O) groups is 2. The number of anilines is 1. The molecule has 2 aromatic rings. The standard InChI is InChI=1S/C20H24N4O3/c1-2-23-12-16(10-21-23)22-19(25)15-5-3-4-14(8-15)17-9-18(17)24(20(26)27)11-13-6-7-13/h3-5,8,10,12-13,17-18H,2,6-7,9,11H2,1H3,(H,22,25)(H,26,27). The Labute approximate surface area is 158 Å². The van der Waals surface area contributed by atoms with Crippen molar-refractivity contribution >= 4 is 17.7 Å². The third kappa shape index (κ3) is 3.97. The first-order valence-corrected chi connectivity index (χ1v) is 9.48. The van der Waals surface area contributed by atoms with Crippen molar-refractivity contribution in [3.8, 4) is 0 Å². The molecule has 1 aromatic carbocycles. The van der Waals surface area contributed by atoms with Crippen molar-refractivity contribution in [2.24, 2.45) is 5.92 Å². The van der Waals surface area contributed by atoms with Crippen LogP contribution < -0.4 is 5.32 Å². The van der Waals surface area contributed by atoms with Crippen molar-refractivity contribution in [1.82, 2.24) is 14.7 Å². The first kappa shape index (κ1) is 17.6. The summed E-state index contributed by atoms with van der Waals surface area (Å²) in [6, 6.07) is 7.53. The maximum atomic E-state index is 12.5. The summed E-state index contributed by atoms with van der Waals surface area (Å²) in [7, 11) is 0. The molecule has 2 saturated carbocycles. The van der Waals surface area contributed by atoms with Crippen LogP contribution in [0.2, 0.25) is 0 Å². The molecular weight excluding hydrogens is 344 g/mol. The highest BCUT2D eigenvalue weighted by Crippen LogP contribution is 2.46. The molecule has 27 heavy (non-hydrogen) atoms. The minimum absolute atomic E-state index is 0.0317. The summed E-state index contributed by atoms with van der Waals surface area (Å²) in [4.78, 5) is 25.7. The zero-order chi connectivity index (χ0) is 19.0. The van der Waals surface area contributed by atoms with E-state index >= 15 is 0 Å². The summed E-state index contributed by atoms with van der Waals surface area (Å²) in [6.45, 7) is 3.37. The number of carbonyl (C=O) groups excluding carboxylic acids is 1. The molecule has 2 fully saturated rings. The van der Waals surface area contributed by atoms with Gasteiger partial charge in [0.05, 0.1) is 11.9 Å². The summed E-state index contributed by atoms with van der Waals surface area (Å²) < 4.78 is 1.75. The van der Waals surface area contributed by atoms with Crippen LogP contribution in [0.4, 0.5) is 10.5 Å². The van der Waals surface area contributed by atoms with E-state index in [0.29, 0.717) is 23.7 Å². The summed E-state index contributed by atoms with van der Waals surface area (Å²) in [5, 5.41) is 16.5. The Morgan fingerprint density at radius 3 is 2.85 bits per heavy atom. The third-order valence-corrected chi connectivity index (χ3v) is 5.35. The molecule has 7 nitrogen and oxygen atoms in total. The van der Waals surface area contributed by atoms with Gasteiger partial charge in [0.2, 0.25) is 0 Å². The molecule has 142 valence electrons. The molecule has 0 radical (unpaired) electrons. The van der Waals surface area contributed by atoms with Gasteiger partial charge in [-0.3, -0.25) is 9.48 Å². The van der Waals surface area contributed by atoms with Crippen molar-refractivity contribution in [2.45, 2.75) is 44.7 Å². The monoisotopic (exact) mass is 368 g/mol.